The highest BCUT2D eigenvalue weighted by molar-refractivity contribution is 7.99. The van der Waals surface area contributed by atoms with Crippen molar-refractivity contribution in [2.75, 3.05) is 18.2 Å². The van der Waals surface area contributed by atoms with Crippen molar-refractivity contribution in [1.29, 1.82) is 0 Å². The minimum Gasteiger partial charge on any atom is -0.497 e. The Labute approximate surface area is 197 Å². The van der Waals surface area contributed by atoms with Gasteiger partial charge in [-0.3, -0.25) is 14.7 Å². The SMILES string of the molecule is COc1ccc(-c2nnc(SCC(=O)Nc3nnc(C(C)C)o3)n2C2CCCCC2C)cc1. The first-order valence-electron chi connectivity index (χ1n) is 11.3. The molecule has 2 aromatic heterocycles. The highest BCUT2D eigenvalue weighted by Gasteiger charge is 2.29. The molecule has 10 heteroatoms. The van der Waals surface area contributed by atoms with Crippen LogP contribution in [0.1, 0.15) is 64.3 Å². The van der Waals surface area contributed by atoms with Gasteiger partial charge in [0.1, 0.15) is 5.75 Å². The van der Waals surface area contributed by atoms with Gasteiger partial charge < -0.3 is 9.15 Å². The average Bonchev–Trinajstić information content (AvgIpc) is 3.45. The Morgan fingerprint density at radius 1 is 1.18 bits per heavy atom. The summed E-state index contributed by atoms with van der Waals surface area (Å²) in [4.78, 5) is 12.5. The zero-order valence-electron chi connectivity index (χ0n) is 19.4. The number of carbonyl (C=O) groups is 1. The van der Waals surface area contributed by atoms with Crippen LogP contribution in [-0.2, 0) is 4.79 Å². The van der Waals surface area contributed by atoms with Crippen molar-refractivity contribution in [3.05, 3.63) is 30.2 Å². The fraction of sp³-hybridized carbons (Fsp3) is 0.522. The van der Waals surface area contributed by atoms with Crippen LogP contribution in [0.15, 0.2) is 33.8 Å². The molecule has 0 saturated heterocycles. The third-order valence-corrected chi connectivity index (χ3v) is 6.87. The second-order valence-electron chi connectivity index (χ2n) is 8.67. The van der Waals surface area contributed by atoms with Crippen molar-refractivity contribution in [1.82, 2.24) is 25.0 Å². The number of rotatable bonds is 8. The lowest BCUT2D eigenvalue weighted by atomic mass is 9.85. The summed E-state index contributed by atoms with van der Waals surface area (Å²) in [6.07, 6.45) is 4.66. The number of amides is 1. The van der Waals surface area contributed by atoms with Crippen LogP contribution in [0.5, 0.6) is 5.75 Å². The molecular formula is C23H30N6O3S. The number of methoxy groups -OCH3 is 1. The fourth-order valence-electron chi connectivity index (χ4n) is 4.10. The second kappa shape index (κ2) is 10.4. The number of anilines is 1. The number of aromatic nitrogens is 5. The number of hydrogen-bond donors (Lipinski definition) is 1. The highest BCUT2D eigenvalue weighted by atomic mass is 32.2. The summed E-state index contributed by atoms with van der Waals surface area (Å²) in [5, 5.41) is 20.2. The zero-order valence-corrected chi connectivity index (χ0v) is 20.3. The number of ether oxygens (including phenoxy) is 1. The van der Waals surface area contributed by atoms with Crippen LogP contribution in [0.2, 0.25) is 0 Å². The number of thioether (sulfide) groups is 1. The molecule has 176 valence electrons. The van der Waals surface area contributed by atoms with Gasteiger partial charge in [0.25, 0.3) is 0 Å². The quantitative estimate of drug-likeness (QED) is 0.461. The Kier molecular flexibility index (Phi) is 7.32. The summed E-state index contributed by atoms with van der Waals surface area (Å²) in [7, 11) is 1.65. The fourth-order valence-corrected chi connectivity index (χ4v) is 4.89. The molecular weight excluding hydrogens is 440 g/mol. The van der Waals surface area contributed by atoms with Crippen molar-refractivity contribution in [2.45, 2.75) is 63.6 Å². The third-order valence-electron chi connectivity index (χ3n) is 5.92. The minimum atomic E-state index is -0.226. The van der Waals surface area contributed by atoms with Crippen LogP contribution in [0.4, 0.5) is 6.01 Å². The number of benzene rings is 1. The maximum atomic E-state index is 12.5. The van der Waals surface area contributed by atoms with Gasteiger partial charge in [0.05, 0.1) is 12.9 Å². The van der Waals surface area contributed by atoms with Crippen molar-refractivity contribution in [3.8, 4) is 17.1 Å². The Balaban J connectivity index is 1.54. The van der Waals surface area contributed by atoms with E-state index in [1.54, 1.807) is 7.11 Å². The maximum absolute atomic E-state index is 12.5. The van der Waals surface area contributed by atoms with E-state index in [1.807, 2.05) is 38.1 Å². The molecule has 0 bridgehead atoms. The molecule has 1 N–H and O–H groups in total. The Bertz CT molecular complexity index is 1080. The van der Waals surface area contributed by atoms with Crippen LogP contribution < -0.4 is 10.1 Å². The van der Waals surface area contributed by atoms with Gasteiger partial charge in [-0.25, -0.2) is 0 Å². The summed E-state index contributed by atoms with van der Waals surface area (Å²) in [5.74, 6) is 2.66. The van der Waals surface area contributed by atoms with Crippen molar-refractivity contribution >= 4 is 23.7 Å². The minimum absolute atomic E-state index is 0.102. The average molecular weight is 471 g/mol. The molecule has 2 heterocycles. The Morgan fingerprint density at radius 3 is 2.61 bits per heavy atom. The number of nitrogens with zero attached hydrogens (tertiary/aromatic N) is 5. The van der Waals surface area contributed by atoms with Crippen LogP contribution in [0, 0.1) is 5.92 Å². The van der Waals surface area contributed by atoms with Gasteiger partial charge in [-0.1, -0.05) is 50.5 Å². The van der Waals surface area contributed by atoms with Crippen LogP contribution >= 0.6 is 11.8 Å². The van der Waals surface area contributed by atoms with Crippen LogP contribution in [-0.4, -0.2) is 43.7 Å². The van der Waals surface area contributed by atoms with Gasteiger partial charge in [0, 0.05) is 17.5 Å². The predicted molar refractivity (Wildman–Crippen MR) is 126 cm³/mol. The molecule has 1 saturated carbocycles. The molecule has 9 nitrogen and oxygen atoms in total. The van der Waals surface area contributed by atoms with E-state index in [-0.39, 0.29) is 23.6 Å². The maximum Gasteiger partial charge on any atom is 0.322 e. The van der Waals surface area contributed by atoms with Crippen LogP contribution in [0.3, 0.4) is 0 Å². The molecule has 2 atom stereocenters. The van der Waals surface area contributed by atoms with Crippen molar-refractivity contribution in [2.24, 2.45) is 5.92 Å². The van der Waals surface area contributed by atoms with Gasteiger partial charge in [-0.2, -0.15) is 0 Å². The number of hydrogen-bond acceptors (Lipinski definition) is 8. The smallest absolute Gasteiger partial charge is 0.322 e. The van der Waals surface area contributed by atoms with E-state index in [9.17, 15) is 4.79 Å². The largest absolute Gasteiger partial charge is 0.497 e. The van der Waals surface area contributed by atoms with Gasteiger partial charge in [-0.15, -0.1) is 15.3 Å². The topological polar surface area (TPSA) is 108 Å². The van der Waals surface area contributed by atoms with Gasteiger partial charge in [0.15, 0.2) is 11.0 Å². The normalized spacial score (nSPS) is 18.5. The number of nitrogens with one attached hydrogen (secondary N) is 1. The Morgan fingerprint density at radius 2 is 1.94 bits per heavy atom. The second-order valence-corrected chi connectivity index (χ2v) is 9.61. The molecule has 1 fully saturated rings. The van der Waals surface area contributed by atoms with Crippen molar-refractivity contribution < 1.29 is 13.9 Å². The monoisotopic (exact) mass is 470 g/mol. The van der Waals surface area contributed by atoms with Gasteiger partial charge in [0.2, 0.25) is 11.8 Å². The Hall–Kier alpha value is -2.88. The molecule has 0 radical (unpaired) electrons. The van der Waals surface area contributed by atoms with Gasteiger partial charge >= 0.3 is 6.01 Å². The van der Waals surface area contributed by atoms with E-state index in [1.165, 1.54) is 31.0 Å². The standard InChI is InChI=1S/C23H30N6O3S/c1-14(2)21-26-27-22(32-21)24-19(30)13-33-23-28-25-20(16-9-11-17(31-4)12-10-16)29(23)18-8-6-5-7-15(18)3/h9-12,14-15,18H,5-8,13H2,1-4H3,(H,24,27,30). The predicted octanol–water partition coefficient (Wildman–Crippen LogP) is 4.94. The van der Waals surface area contributed by atoms with E-state index in [0.717, 1.165) is 28.7 Å². The van der Waals surface area contributed by atoms with Crippen LogP contribution in [0.25, 0.3) is 11.4 Å². The highest BCUT2D eigenvalue weighted by Crippen LogP contribution is 2.39. The first-order valence-corrected chi connectivity index (χ1v) is 12.3. The molecule has 2 unspecified atom stereocenters. The summed E-state index contributed by atoms with van der Waals surface area (Å²) >= 11 is 1.37. The van der Waals surface area contributed by atoms with E-state index in [2.05, 4.69) is 37.2 Å². The first kappa shape index (κ1) is 23.3. The van der Waals surface area contributed by atoms with E-state index in [0.29, 0.717) is 17.9 Å². The molecule has 3 aromatic rings. The molecule has 1 aliphatic carbocycles. The molecule has 1 amide bonds. The summed E-state index contributed by atoms with van der Waals surface area (Å²) < 4.78 is 13.0. The lowest BCUT2D eigenvalue weighted by Gasteiger charge is -2.31. The molecule has 1 aliphatic rings. The van der Waals surface area contributed by atoms with Gasteiger partial charge in [-0.05, 0) is 43.0 Å². The molecule has 33 heavy (non-hydrogen) atoms. The molecule has 0 spiro atoms. The summed E-state index contributed by atoms with van der Waals surface area (Å²) in [5.41, 5.74) is 0.976. The zero-order chi connectivity index (χ0) is 23.4. The third kappa shape index (κ3) is 5.38. The van der Waals surface area contributed by atoms with Crippen molar-refractivity contribution in [3.63, 3.8) is 0 Å². The molecule has 4 rings (SSSR count). The summed E-state index contributed by atoms with van der Waals surface area (Å²) in [6.45, 7) is 6.19. The van der Waals surface area contributed by atoms with E-state index >= 15 is 0 Å². The summed E-state index contributed by atoms with van der Waals surface area (Å²) in [6, 6.07) is 8.25. The first-order chi connectivity index (χ1) is 16.0. The molecule has 1 aromatic carbocycles. The van der Waals surface area contributed by atoms with E-state index in [4.69, 9.17) is 9.15 Å². The lowest BCUT2D eigenvalue weighted by Crippen LogP contribution is -2.23. The number of carbonyl (C=O) groups excluding carboxylic acids is 1. The lowest BCUT2D eigenvalue weighted by molar-refractivity contribution is -0.113. The van der Waals surface area contributed by atoms with E-state index < -0.39 is 0 Å². The molecule has 0 aliphatic heterocycles.